The molecule has 5 nitrogen and oxygen atoms in total. The van der Waals surface area contributed by atoms with E-state index in [1.165, 1.54) is 5.01 Å². The van der Waals surface area contributed by atoms with E-state index in [-0.39, 0.29) is 11.8 Å². The number of amides is 1. The lowest BCUT2D eigenvalue weighted by Gasteiger charge is -2.37. The largest absolute Gasteiger partial charge is 0.480 e. The van der Waals surface area contributed by atoms with Crippen molar-refractivity contribution in [3.8, 4) is 0 Å². The number of hydrazine groups is 1. The summed E-state index contributed by atoms with van der Waals surface area (Å²) in [5, 5.41) is 12.9. The summed E-state index contributed by atoms with van der Waals surface area (Å²) >= 11 is 3.29. The van der Waals surface area contributed by atoms with Crippen LogP contribution in [0.2, 0.25) is 0 Å². The van der Waals surface area contributed by atoms with E-state index in [1.807, 2.05) is 5.01 Å². The van der Waals surface area contributed by atoms with E-state index in [9.17, 15) is 9.59 Å². The first kappa shape index (κ1) is 10.9. The van der Waals surface area contributed by atoms with Gasteiger partial charge in [0.25, 0.3) is 0 Å². The van der Waals surface area contributed by atoms with Crippen LogP contribution >= 0.6 is 15.9 Å². The maximum absolute atomic E-state index is 11.9. The highest BCUT2D eigenvalue weighted by atomic mass is 79.9. The van der Waals surface area contributed by atoms with E-state index >= 15 is 0 Å². The molecule has 1 amide bonds. The number of aliphatic carboxylic acids is 1. The second-order valence-corrected chi connectivity index (χ2v) is 4.59. The summed E-state index contributed by atoms with van der Waals surface area (Å²) in [6.07, 6.45) is 1.41. The van der Waals surface area contributed by atoms with Crippen LogP contribution in [0.3, 0.4) is 0 Å². The Morgan fingerprint density at radius 1 is 1.60 bits per heavy atom. The third-order valence-electron chi connectivity index (χ3n) is 2.97. The number of carboxylic acid groups (broad SMARTS) is 1. The number of rotatable bonds is 2. The molecule has 2 aliphatic heterocycles. The number of nitrogens with zero attached hydrogens (tertiary/aromatic N) is 2. The molecule has 0 bridgehead atoms. The minimum atomic E-state index is -0.900. The Kier molecular flexibility index (Phi) is 2.97. The molecule has 2 unspecified atom stereocenters. The van der Waals surface area contributed by atoms with Gasteiger partial charge in [0.1, 0.15) is 6.04 Å². The number of hydrogen-bond donors (Lipinski definition) is 1. The van der Waals surface area contributed by atoms with Crippen LogP contribution in [0.5, 0.6) is 0 Å². The van der Waals surface area contributed by atoms with Gasteiger partial charge < -0.3 is 5.11 Å². The predicted octanol–water partition coefficient (Wildman–Crippen LogP) is 0.304. The van der Waals surface area contributed by atoms with E-state index in [0.29, 0.717) is 18.3 Å². The summed E-state index contributed by atoms with van der Waals surface area (Å²) in [4.78, 5) is 22.9. The number of halogens is 1. The molecule has 2 rings (SSSR count). The summed E-state index contributed by atoms with van der Waals surface area (Å²) in [6, 6.07) is -0.657. The van der Waals surface area contributed by atoms with Gasteiger partial charge in [-0.1, -0.05) is 15.9 Å². The molecule has 6 heteroatoms. The Morgan fingerprint density at radius 2 is 2.33 bits per heavy atom. The monoisotopic (exact) mass is 276 g/mol. The third-order valence-corrected chi connectivity index (χ3v) is 3.75. The molecule has 0 aliphatic carbocycles. The molecule has 0 aromatic rings. The van der Waals surface area contributed by atoms with Gasteiger partial charge in [-0.3, -0.25) is 9.80 Å². The summed E-state index contributed by atoms with van der Waals surface area (Å²) in [5.74, 6) is -1.05. The minimum absolute atomic E-state index is 0.0565. The SMILES string of the molecule is O=C(O)C1CCCN2CC(CBr)C(=O)N12. The average molecular weight is 277 g/mol. The van der Waals surface area contributed by atoms with Crippen LogP contribution in [0.25, 0.3) is 0 Å². The zero-order chi connectivity index (χ0) is 11.0. The second-order valence-electron chi connectivity index (χ2n) is 3.94. The van der Waals surface area contributed by atoms with Crippen molar-refractivity contribution in [1.29, 1.82) is 0 Å². The first-order valence-electron chi connectivity index (χ1n) is 5.02. The van der Waals surface area contributed by atoms with Crippen molar-refractivity contribution in [3.63, 3.8) is 0 Å². The Hall–Kier alpha value is -0.620. The van der Waals surface area contributed by atoms with Crippen LogP contribution in [0.4, 0.5) is 0 Å². The third kappa shape index (κ3) is 1.76. The van der Waals surface area contributed by atoms with Gasteiger partial charge in [-0.2, -0.15) is 0 Å². The molecular formula is C9H13BrN2O3. The van der Waals surface area contributed by atoms with E-state index in [2.05, 4.69) is 15.9 Å². The van der Waals surface area contributed by atoms with Crippen molar-refractivity contribution < 1.29 is 14.7 Å². The number of carbonyl (C=O) groups is 2. The van der Waals surface area contributed by atoms with E-state index < -0.39 is 12.0 Å². The van der Waals surface area contributed by atoms with Crippen molar-refractivity contribution in [2.75, 3.05) is 18.4 Å². The lowest BCUT2D eigenvalue weighted by atomic mass is 10.1. The highest BCUT2D eigenvalue weighted by Gasteiger charge is 2.45. The minimum Gasteiger partial charge on any atom is -0.480 e. The molecule has 2 atom stereocenters. The Labute approximate surface area is 96.1 Å². The number of fused-ring (bicyclic) bond motifs is 1. The molecule has 0 saturated carbocycles. The van der Waals surface area contributed by atoms with Crippen molar-refractivity contribution in [2.45, 2.75) is 18.9 Å². The van der Waals surface area contributed by atoms with Crippen LogP contribution in [0.1, 0.15) is 12.8 Å². The van der Waals surface area contributed by atoms with Crippen molar-refractivity contribution in [1.82, 2.24) is 10.0 Å². The molecule has 0 radical (unpaired) electrons. The highest BCUT2D eigenvalue weighted by Crippen LogP contribution is 2.28. The summed E-state index contributed by atoms with van der Waals surface area (Å²) < 4.78 is 0. The van der Waals surface area contributed by atoms with Crippen LogP contribution < -0.4 is 0 Å². The fraction of sp³-hybridized carbons (Fsp3) is 0.778. The molecule has 0 aromatic heterocycles. The number of carbonyl (C=O) groups excluding carboxylic acids is 1. The molecule has 15 heavy (non-hydrogen) atoms. The normalized spacial score (nSPS) is 31.8. The first-order chi connectivity index (χ1) is 7.15. The molecule has 0 aromatic carbocycles. The van der Waals surface area contributed by atoms with Gasteiger partial charge in [-0.05, 0) is 12.8 Å². The summed E-state index contributed by atoms with van der Waals surface area (Å²) in [6.45, 7) is 1.44. The standard InChI is InChI=1S/C9H13BrN2O3/c10-4-6-5-11-3-1-2-7(9(14)15)12(11)8(6)13/h6-7H,1-5H2,(H,14,15). The fourth-order valence-electron chi connectivity index (χ4n) is 2.23. The van der Waals surface area contributed by atoms with Gasteiger partial charge in [0, 0.05) is 18.4 Å². The maximum Gasteiger partial charge on any atom is 0.328 e. The molecule has 0 spiro atoms. The Bertz CT molecular complexity index is 297. The summed E-state index contributed by atoms with van der Waals surface area (Å²) in [7, 11) is 0. The molecule has 2 fully saturated rings. The van der Waals surface area contributed by atoms with Gasteiger partial charge in [-0.25, -0.2) is 9.80 Å². The lowest BCUT2D eigenvalue weighted by molar-refractivity contribution is -0.165. The van der Waals surface area contributed by atoms with Crippen LogP contribution in [0, 0.1) is 5.92 Å². The van der Waals surface area contributed by atoms with Crippen molar-refractivity contribution >= 4 is 27.8 Å². The second kappa shape index (κ2) is 4.09. The van der Waals surface area contributed by atoms with Gasteiger partial charge in [-0.15, -0.1) is 0 Å². The molecule has 2 saturated heterocycles. The summed E-state index contributed by atoms with van der Waals surface area (Å²) in [5.41, 5.74) is 0. The fourth-order valence-corrected chi connectivity index (χ4v) is 2.71. The first-order valence-corrected chi connectivity index (χ1v) is 6.14. The van der Waals surface area contributed by atoms with Crippen LogP contribution in [0.15, 0.2) is 0 Å². The molecular weight excluding hydrogens is 264 g/mol. The van der Waals surface area contributed by atoms with Gasteiger partial charge in [0.05, 0.1) is 5.92 Å². The van der Waals surface area contributed by atoms with Crippen molar-refractivity contribution in [3.05, 3.63) is 0 Å². The lowest BCUT2D eigenvalue weighted by Crippen LogP contribution is -2.53. The molecule has 1 N–H and O–H groups in total. The topological polar surface area (TPSA) is 60.9 Å². The molecule has 2 heterocycles. The average Bonchev–Trinajstić information content (AvgIpc) is 2.55. The van der Waals surface area contributed by atoms with Gasteiger partial charge in [0.2, 0.25) is 5.91 Å². The van der Waals surface area contributed by atoms with E-state index in [0.717, 1.165) is 13.0 Å². The maximum atomic E-state index is 11.9. The molecule has 84 valence electrons. The van der Waals surface area contributed by atoms with E-state index in [1.54, 1.807) is 0 Å². The van der Waals surface area contributed by atoms with Gasteiger partial charge in [0.15, 0.2) is 0 Å². The zero-order valence-electron chi connectivity index (χ0n) is 8.23. The highest BCUT2D eigenvalue weighted by molar-refractivity contribution is 9.09. The Morgan fingerprint density at radius 3 is 2.93 bits per heavy atom. The van der Waals surface area contributed by atoms with E-state index in [4.69, 9.17) is 5.11 Å². The number of carboxylic acids is 1. The zero-order valence-corrected chi connectivity index (χ0v) is 9.81. The van der Waals surface area contributed by atoms with Crippen molar-refractivity contribution in [2.24, 2.45) is 5.92 Å². The van der Waals surface area contributed by atoms with Crippen LogP contribution in [-0.2, 0) is 9.59 Å². The number of hydrogen-bond acceptors (Lipinski definition) is 3. The smallest absolute Gasteiger partial charge is 0.328 e. The number of alkyl halides is 1. The predicted molar refractivity (Wildman–Crippen MR) is 56.4 cm³/mol. The quantitative estimate of drug-likeness (QED) is 0.738. The van der Waals surface area contributed by atoms with Gasteiger partial charge >= 0.3 is 5.97 Å². The van der Waals surface area contributed by atoms with Crippen LogP contribution in [-0.4, -0.2) is 51.5 Å². The molecule has 2 aliphatic rings. The Balaban J connectivity index is 2.20.